The van der Waals surface area contributed by atoms with Crippen LogP contribution in [0, 0.1) is 5.82 Å². The molecule has 1 fully saturated rings. The van der Waals surface area contributed by atoms with Gasteiger partial charge in [0.1, 0.15) is 11.6 Å². The van der Waals surface area contributed by atoms with Gasteiger partial charge in [-0.2, -0.15) is 0 Å². The van der Waals surface area contributed by atoms with Crippen LogP contribution in [0.2, 0.25) is 0 Å². The lowest BCUT2D eigenvalue weighted by Crippen LogP contribution is -2.32. The van der Waals surface area contributed by atoms with E-state index in [2.05, 4.69) is 0 Å². The summed E-state index contributed by atoms with van der Waals surface area (Å²) in [6, 6.07) is 5.50. The van der Waals surface area contributed by atoms with E-state index in [4.69, 9.17) is 0 Å². The van der Waals surface area contributed by atoms with Crippen molar-refractivity contribution in [3.8, 4) is 0 Å². The number of carbonyl (C=O) groups excluding carboxylic acids is 2. The molecule has 4 heteroatoms. The van der Waals surface area contributed by atoms with Crippen LogP contribution in [-0.2, 0) is 4.79 Å². The first-order chi connectivity index (χ1) is 8.16. The summed E-state index contributed by atoms with van der Waals surface area (Å²) < 4.78 is 12.7. The van der Waals surface area contributed by atoms with Gasteiger partial charge in [0, 0.05) is 31.5 Å². The summed E-state index contributed by atoms with van der Waals surface area (Å²) >= 11 is 0. The van der Waals surface area contributed by atoms with E-state index in [9.17, 15) is 14.0 Å². The molecule has 3 nitrogen and oxygen atoms in total. The molecule has 1 saturated heterocycles. The van der Waals surface area contributed by atoms with Crippen LogP contribution in [0.25, 0.3) is 0 Å². The molecule has 0 unspecified atom stereocenters. The average Bonchev–Trinajstić information content (AvgIpc) is 2.54. The summed E-state index contributed by atoms with van der Waals surface area (Å²) in [5.41, 5.74) is 0.473. The van der Waals surface area contributed by atoms with Gasteiger partial charge in [-0.3, -0.25) is 9.59 Å². The number of benzene rings is 1. The Bertz CT molecular complexity index is 428. The van der Waals surface area contributed by atoms with Crippen LogP contribution in [0.5, 0.6) is 0 Å². The van der Waals surface area contributed by atoms with Gasteiger partial charge in [0.05, 0.1) is 0 Å². The molecule has 0 spiro atoms. The normalized spacial score (nSPS) is 16.8. The zero-order valence-corrected chi connectivity index (χ0v) is 9.49. The Morgan fingerprint density at radius 2 is 1.82 bits per heavy atom. The molecular formula is C13H14FNO2. The minimum absolute atomic E-state index is 0.125. The van der Waals surface area contributed by atoms with Gasteiger partial charge < -0.3 is 4.90 Å². The van der Waals surface area contributed by atoms with Crippen LogP contribution < -0.4 is 0 Å². The highest BCUT2D eigenvalue weighted by atomic mass is 19.1. The first-order valence-electron chi connectivity index (χ1n) is 5.73. The quantitative estimate of drug-likeness (QED) is 0.746. The Labute approximate surface area is 99.2 Å². The van der Waals surface area contributed by atoms with Crippen molar-refractivity contribution < 1.29 is 14.0 Å². The Morgan fingerprint density at radius 1 is 1.12 bits per heavy atom. The van der Waals surface area contributed by atoms with E-state index in [1.54, 1.807) is 4.90 Å². The molecule has 17 heavy (non-hydrogen) atoms. The number of ketones is 1. The third-order valence-corrected chi connectivity index (χ3v) is 2.92. The molecule has 2 rings (SSSR count). The Kier molecular flexibility index (Phi) is 3.52. The minimum Gasteiger partial charge on any atom is -0.338 e. The Morgan fingerprint density at radius 3 is 2.53 bits per heavy atom. The van der Waals surface area contributed by atoms with Crippen molar-refractivity contribution >= 4 is 11.7 Å². The van der Waals surface area contributed by atoms with Crippen molar-refractivity contribution in [2.75, 3.05) is 13.1 Å². The van der Waals surface area contributed by atoms with E-state index in [-0.39, 0.29) is 17.5 Å². The Balaban J connectivity index is 2.08. The number of rotatable bonds is 1. The Hall–Kier alpha value is -1.71. The van der Waals surface area contributed by atoms with Crippen LogP contribution in [0.4, 0.5) is 4.39 Å². The number of halogens is 1. The van der Waals surface area contributed by atoms with E-state index in [0.29, 0.717) is 37.9 Å². The standard InChI is InChI=1S/C13H14FNO2/c14-11-5-3-10(4-6-11)13(17)15-8-1-2-12(16)7-9-15/h3-6H,1-2,7-9H2. The average molecular weight is 235 g/mol. The molecule has 90 valence electrons. The molecule has 1 aliphatic rings. The summed E-state index contributed by atoms with van der Waals surface area (Å²) in [5.74, 6) is -0.272. The van der Waals surface area contributed by atoms with E-state index in [0.717, 1.165) is 0 Å². The highest BCUT2D eigenvalue weighted by Crippen LogP contribution is 2.12. The highest BCUT2D eigenvalue weighted by molar-refractivity contribution is 5.94. The molecule has 0 aromatic heterocycles. The summed E-state index contributed by atoms with van der Waals surface area (Å²) in [5, 5.41) is 0. The van der Waals surface area contributed by atoms with Crippen molar-refractivity contribution in [3.05, 3.63) is 35.6 Å². The first kappa shape index (κ1) is 11.8. The fourth-order valence-corrected chi connectivity index (χ4v) is 1.94. The number of carbonyl (C=O) groups is 2. The monoisotopic (exact) mass is 235 g/mol. The fourth-order valence-electron chi connectivity index (χ4n) is 1.94. The van der Waals surface area contributed by atoms with Gasteiger partial charge in [0.2, 0.25) is 0 Å². The molecule has 1 amide bonds. The van der Waals surface area contributed by atoms with Crippen molar-refractivity contribution in [1.29, 1.82) is 0 Å². The molecule has 0 radical (unpaired) electrons. The maximum atomic E-state index is 12.7. The van der Waals surface area contributed by atoms with Crippen molar-refractivity contribution in [2.24, 2.45) is 0 Å². The minimum atomic E-state index is -0.354. The van der Waals surface area contributed by atoms with Gasteiger partial charge in [-0.05, 0) is 30.7 Å². The van der Waals surface area contributed by atoms with Crippen LogP contribution in [0.1, 0.15) is 29.6 Å². The maximum Gasteiger partial charge on any atom is 0.253 e. The summed E-state index contributed by atoms with van der Waals surface area (Å²) in [4.78, 5) is 25.0. The first-order valence-corrected chi connectivity index (χ1v) is 5.73. The van der Waals surface area contributed by atoms with Gasteiger partial charge in [-0.25, -0.2) is 4.39 Å². The number of amides is 1. The van der Waals surface area contributed by atoms with E-state index in [1.807, 2.05) is 0 Å². The van der Waals surface area contributed by atoms with E-state index >= 15 is 0 Å². The number of nitrogens with zero attached hydrogens (tertiary/aromatic N) is 1. The van der Waals surface area contributed by atoms with Crippen molar-refractivity contribution in [2.45, 2.75) is 19.3 Å². The van der Waals surface area contributed by atoms with Crippen LogP contribution in [-0.4, -0.2) is 29.7 Å². The zero-order valence-electron chi connectivity index (χ0n) is 9.49. The predicted molar refractivity (Wildman–Crippen MR) is 61.2 cm³/mol. The smallest absolute Gasteiger partial charge is 0.253 e. The predicted octanol–water partition coefficient (Wildman–Crippen LogP) is 2.02. The van der Waals surface area contributed by atoms with Gasteiger partial charge in [-0.1, -0.05) is 0 Å². The van der Waals surface area contributed by atoms with Crippen LogP contribution in [0.15, 0.2) is 24.3 Å². The zero-order chi connectivity index (χ0) is 12.3. The number of likely N-dealkylation sites (tertiary alicyclic amines) is 1. The van der Waals surface area contributed by atoms with Crippen molar-refractivity contribution in [3.63, 3.8) is 0 Å². The number of Topliss-reactive ketones (excluding diaryl/α,β-unsaturated/α-hetero) is 1. The second-order valence-electron chi connectivity index (χ2n) is 4.19. The molecule has 1 aromatic rings. The lowest BCUT2D eigenvalue weighted by Gasteiger charge is -2.19. The molecule has 0 saturated carbocycles. The molecule has 0 N–H and O–H groups in total. The van der Waals surface area contributed by atoms with Crippen LogP contribution in [0.3, 0.4) is 0 Å². The largest absolute Gasteiger partial charge is 0.338 e. The summed E-state index contributed by atoms with van der Waals surface area (Å²) in [6.45, 7) is 1.07. The lowest BCUT2D eigenvalue weighted by molar-refractivity contribution is -0.118. The molecular weight excluding hydrogens is 221 g/mol. The molecule has 0 aliphatic carbocycles. The van der Waals surface area contributed by atoms with E-state index in [1.165, 1.54) is 24.3 Å². The maximum absolute atomic E-state index is 12.7. The van der Waals surface area contributed by atoms with Crippen molar-refractivity contribution in [1.82, 2.24) is 4.90 Å². The van der Waals surface area contributed by atoms with Gasteiger partial charge in [-0.15, -0.1) is 0 Å². The lowest BCUT2D eigenvalue weighted by atomic mass is 10.2. The molecule has 0 bridgehead atoms. The van der Waals surface area contributed by atoms with Crippen LogP contribution >= 0.6 is 0 Å². The SMILES string of the molecule is O=C1CCCN(C(=O)c2ccc(F)cc2)CC1. The third kappa shape index (κ3) is 2.90. The molecule has 1 aromatic carbocycles. The number of hydrogen-bond acceptors (Lipinski definition) is 2. The molecule has 0 atom stereocenters. The van der Waals surface area contributed by atoms with Gasteiger partial charge in [0.25, 0.3) is 5.91 Å². The van der Waals surface area contributed by atoms with Gasteiger partial charge in [0.15, 0.2) is 0 Å². The fraction of sp³-hybridized carbons (Fsp3) is 0.385. The topological polar surface area (TPSA) is 37.4 Å². The second-order valence-corrected chi connectivity index (χ2v) is 4.19. The third-order valence-electron chi connectivity index (χ3n) is 2.92. The molecule has 1 aliphatic heterocycles. The number of hydrogen-bond donors (Lipinski definition) is 0. The second kappa shape index (κ2) is 5.08. The highest BCUT2D eigenvalue weighted by Gasteiger charge is 2.19. The van der Waals surface area contributed by atoms with E-state index < -0.39 is 0 Å². The summed E-state index contributed by atoms with van der Waals surface area (Å²) in [7, 11) is 0. The molecule has 1 heterocycles. The summed E-state index contributed by atoms with van der Waals surface area (Å²) in [6.07, 6.45) is 1.69. The van der Waals surface area contributed by atoms with Gasteiger partial charge >= 0.3 is 0 Å².